The summed E-state index contributed by atoms with van der Waals surface area (Å²) in [6, 6.07) is 13.2. The van der Waals surface area contributed by atoms with E-state index in [0.717, 1.165) is 5.56 Å². The van der Waals surface area contributed by atoms with Crippen molar-refractivity contribution in [2.75, 3.05) is 0 Å². The minimum absolute atomic E-state index is 0.0261. The summed E-state index contributed by atoms with van der Waals surface area (Å²) in [4.78, 5) is 16.6. The summed E-state index contributed by atoms with van der Waals surface area (Å²) >= 11 is 0. The number of halogens is 1. The van der Waals surface area contributed by atoms with Crippen LogP contribution in [0.2, 0.25) is 0 Å². The Kier molecular flexibility index (Phi) is 5.08. The smallest absolute Gasteiger partial charge is 0.254 e. The molecule has 1 atom stereocenters. The molecule has 2 aromatic carbocycles. The van der Waals surface area contributed by atoms with Gasteiger partial charge in [0.05, 0.1) is 5.56 Å². The summed E-state index contributed by atoms with van der Waals surface area (Å²) in [5, 5.41) is 6.66. The van der Waals surface area contributed by atoms with Gasteiger partial charge in [0.2, 0.25) is 11.7 Å². The molecule has 1 amide bonds. The number of amides is 1. The third-order valence-electron chi connectivity index (χ3n) is 4.29. The van der Waals surface area contributed by atoms with E-state index in [0.29, 0.717) is 5.82 Å². The lowest BCUT2D eigenvalue weighted by atomic mass is 9.87. The van der Waals surface area contributed by atoms with Crippen LogP contribution < -0.4 is 5.32 Å². The molecular weight excluding hydrogens is 345 g/mol. The summed E-state index contributed by atoms with van der Waals surface area (Å²) in [6.45, 7) is 8.15. The summed E-state index contributed by atoms with van der Waals surface area (Å²) in [6.07, 6.45) is 0. The highest BCUT2D eigenvalue weighted by Crippen LogP contribution is 2.25. The summed E-state index contributed by atoms with van der Waals surface area (Å²) in [7, 11) is 0. The van der Waals surface area contributed by atoms with Crippen LogP contribution in [0.1, 0.15) is 55.5 Å². The molecule has 0 aliphatic heterocycles. The average molecular weight is 367 g/mol. The second kappa shape index (κ2) is 7.31. The van der Waals surface area contributed by atoms with Crippen molar-refractivity contribution in [2.45, 2.75) is 39.2 Å². The van der Waals surface area contributed by atoms with Gasteiger partial charge in [0, 0.05) is 5.56 Å². The largest absolute Gasteiger partial charge is 0.340 e. The van der Waals surface area contributed by atoms with E-state index < -0.39 is 17.8 Å². The number of benzene rings is 2. The van der Waals surface area contributed by atoms with Crippen molar-refractivity contribution in [1.82, 2.24) is 15.5 Å². The lowest BCUT2D eigenvalue weighted by Crippen LogP contribution is -2.27. The Labute approximate surface area is 157 Å². The molecule has 1 heterocycles. The van der Waals surface area contributed by atoms with Crippen molar-refractivity contribution < 1.29 is 13.7 Å². The van der Waals surface area contributed by atoms with Crippen LogP contribution >= 0.6 is 0 Å². The fourth-order valence-electron chi connectivity index (χ4n) is 2.63. The van der Waals surface area contributed by atoms with Crippen LogP contribution in [0, 0.1) is 5.82 Å². The Hall–Kier alpha value is -3.02. The molecule has 6 heteroatoms. The van der Waals surface area contributed by atoms with Gasteiger partial charge in [0.15, 0.2) is 0 Å². The molecule has 0 aliphatic rings. The number of hydrogen-bond acceptors (Lipinski definition) is 4. The molecule has 0 radical (unpaired) electrons. The van der Waals surface area contributed by atoms with Crippen LogP contribution in [0.25, 0.3) is 11.4 Å². The maximum atomic E-state index is 13.7. The average Bonchev–Trinajstić information content (AvgIpc) is 3.11. The highest BCUT2D eigenvalue weighted by Gasteiger charge is 2.20. The molecule has 3 rings (SSSR count). The first-order chi connectivity index (χ1) is 12.8. The Bertz CT molecular complexity index is 943. The monoisotopic (exact) mass is 367 g/mol. The highest BCUT2D eigenvalue weighted by atomic mass is 19.1. The molecular formula is C21H22FN3O2. The van der Waals surface area contributed by atoms with Gasteiger partial charge in [-0.1, -0.05) is 62.3 Å². The van der Waals surface area contributed by atoms with Crippen molar-refractivity contribution in [3.05, 3.63) is 71.4 Å². The standard InChI is InChI=1S/C21H22FN3O2/c1-13(23-19(26)16-7-5-6-8-17(16)22)20-24-18(25-27-20)14-9-11-15(12-10-14)21(2,3)4/h5-13H,1-4H3,(H,23,26). The van der Waals surface area contributed by atoms with E-state index in [1.54, 1.807) is 13.0 Å². The van der Waals surface area contributed by atoms with E-state index in [1.807, 2.05) is 24.3 Å². The van der Waals surface area contributed by atoms with E-state index in [4.69, 9.17) is 4.52 Å². The Balaban J connectivity index is 1.73. The van der Waals surface area contributed by atoms with Crippen LogP contribution in [-0.4, -0.2) is 16.0 Å². The predicted octanol–water partition coefficient (Wildman–Crippen LogP) is 4.66. The zero-order valence-electron chi connectivity index (χ0n) is 15.8. The Morgan fingerprint density at radius 3 is 2.41 bits per heavy atom. The Morgan fingerprint density at radius 1 is 1.11 bits per heavy atom. The van der Waals surface area contributed by atoms with Crippen molar-refractivity contribution in [2.24, 2.45) is 0 Å². The van der Waals surface area contributed by atoms with Crippen molar-refractivity contribution in [3.63, 3.8) is 0 Å². The van der Waals surface area contributed by atoms with Gasteiger partial charge in [-0.05, 0) is 30.0 Å². The van der Waals surface area contributed by atoms with E-state index in [2.05, 4.69) is 36.2 Å². The van der Waals surface area contributed by atoms with Gasteiger partial charge in [-0.15, -0.1) is 0 Å². The maximum absolute atomic E-state index is 13.7. The second-order valence-electron chi connectivity index (χ2n) is 7.46. The molecule has 5 nitrogen and oxygen atoms in total. The van der Waals surface area contributed by atoms with Crippen molar-refractivity contribution >= 4 is 5.91 Å². The molecule has 3 aromatic rings. The number of rotatable bonds is 4. The zero-order valence-corrected chi connectivity index (χ0v) is 15.8. The normalized spacial score (nSPS) is 12.6. The molecule has 0 saturated heterocycles. The van der Waals surface area contributed by atoms with Crippen LogP contribution in [0.4, 0.5) is 4.39 Å². The lowest BCUT2D eigenvalue weighted by molar-refractivity contribution is 0.0928. The number of nitrogens with zero attached hydrogens (tertiary/aromatic N) is 2. The molecule has 0 spiro atoms. The number of hydrogen-bond donors (Lipinski definition) is 1. The SMILES string of the molecule is CC(NC(=O)c1ccccc1F)c1nc(-c2ccc(C(C)(C)C)cc2)no1. The number of aromatic nitrogens is 2. The summed E-state index contributed by atoms with van der Waals surface area (Å²) in [5.74, 6) is -0.408. The van der Waals surface area contributed by atoms with Crippen LogP contribution in [0.3, 0.4) is 0 Å². The minimum Gasteiger partial charge on any atom is -0.340 e. The minimum atomic E-state index is -0.577. The molecule has 0 aliphatic carbocycles. The fraction of sp³-hybridized carbons (Fsp3) is 0.286. The molecule has 140 valence electrons. The first-order valence-electron chi connectivity index (χ1n) is 8.75. The highest BCUT2D eigenvalue weighted by molar-refractivity contribution is 5.94. The van der Waals surface area contributed by atoms with Crippen LogP contribution in [0.15, 0.2) is 53.1 Å². The first kappa shape index (κ1) is 18.8. The van der Waals surface area contributed by atoms with Crippen molar-refractivity contribution in [3.8, 4) is 11.4 Å². The van der Waals surface area contributed by atoms with Crippen LogP contribution in [-0.2, 0) is 5.41 Å². The lowest BCUT2D eigenvalue weighted by Gasteiger charge is -2.18. The van der Waals surface area contributed by atoms with Gasteiger partial charge in [-0.2, -0.15) is 4.98 Å². The summed E-state index contributed by atoms with van der Waals surface area (Å²) in [5.41, 5.74) is 2.07. The molecule has 0 saturated carbocycles. The number of carbonyl (C=O) groups excluding carboxylic acids is 1. The third-order valence-corrected chi connectivity index (χ3v) is 4.29. The maximum Gasteiger partial charge on any atom is 0.254 e. The van der Waals surface area contributed by atoms with Gasteiger partial charge < -0.3 is 9.84 Å². The van der Waals surface area contributed by atoms with Gasteiger partial charge >= 0.3 is 0 Å². The van der Waals surface area contributed by atoms with Gasteiger partial charge in [-0.3, -0.25) is 4.79 Å². The number of carbonyl (C=O) groups is 1. The van der Waals surface area contributed by atoms with E-state index in [-0.39, 0.29) is 16.9 Å². The molecule has 27 heavy (non-hydrogen) atoms. The zero-order chi connectivity index (χ0) is 19.6. The van der Waals surface area contributed by atoms with Gasteiger partial charge in [-0.25, -0.2) is 4.39 Å². The van der Waals surface area contributed by atoms with Gasteiger partial charge in [0.1, 0.15) is 11.9 Å². The molecule has 1 N–H and O–H groups in total. The topological polar surface area (TPSA) is 68.0 Å². The molecule has 0 fully saturated rings. The van der Waals surface area contributed by atoms with E-state index in [1.165, 1.54) is 23.8 Å². The molecule has 0 bridgehead atoms. The fourth-order valence-corrected chi connectivity index (χ4v) is 2.63. The second-order valence-corrected chi connectivity index (χ2v) is 7.46. The Morgan fingerprint density at radius 2 is 1.78 bits per heavy atom. The quantitative estimate of drug-likeness (QED) is 0.728. The van der Waals surface area contributed by atoms with Gasteiger partial charge in [0.25, 0.3) is 5.91 Å². The van der Waals surface area contributed by atoms with E-state index >= 15 is 0 Å². The van der Waals surface area contributed by atoms with E-state index in [9.17, 15) is 9.18 Å². The van der Waals surface area contributed by atoms with Crippen molar-refractivity contribution in [1.29, 1.82) is 0 Å². The molecule has 1 unspecified atom stereocenters. The number of nitrogens with one attached hydrogen (secondary N) is 1. The summed E-state index contributed by atoms with van der Waals surface area (Å²) < 4.78 is 19.0. The van der Waals surface area contributed by atoms with Crippen LogP contribution in [0.5, 0.6) is 0 Å². The predicted molar refractivity (Wildman–Crippen MR) is 101 cm³/mol. The first-order valence-corrected chi connectivity index (χ1v) is 8.75. The molecule has 1 aromatic heterocycles. The third kappa shape index (κ3) is 4.22.